The zero-order chi connectivity index (χ0) is 24.0. The molecule has 1 N–H and O–H groups in total. The monoisotopic (exact) mass is 461 g/mol. The summed E-state index contributed by atoms with van der Waals surface area (Å²) in [5.74, 6) is 0.423. The van der Waals surface area contributed by atoms with E-state index in [1.807, 2.05) is 72.4 Å². The molecule has 3 aromatic carbocycles. The molecule has 0 unspecified atom stereocenters. The lowest BCUT2D eigenvalue weighted by molar-refractivity contribution is 0.102. The minimum atomic E-state index is -0.177. The average Bonchev–Trinajstić information content (AvgIpc) is 3.40. The largest absolute Gasteiger partial charge is 0.424 e. The van der Waals surface area contributed by atoms with Crippen molar-refractivity contribution in [3.8, 4) is 22.9 Å². The van der Waals surface area contributed by atoms with Crippen LogP contribution in [0.25, 0.3) is 11.1 Å². The molecule has 7 heteroatoms. The summed E-state index contributed by atoms with van der Waals surface area (Å²) in [6.45, 7) is 2.61. The Morgan fingerprint density at radius 3 is 2.46 bits per heavy atom. The predicted octanol–water partition coefficient (Wildman–Crippen LogP) is 5.74. The average molecular weight is 462 g/mol. The molecule has 35 heavy (non-hydrogen) atoms. The number of carbonyl (C=O) groups excluding carboxylic acids is 1. The highest BCUT2D eigenvalue weighted by Crippen LogP contribution is 2.28. The first kappa shape index (κ1) is 22.0. The molecule has 0 bridgehead atoms. The lowest BCUT2D eigenvalue weighted by atomic mass is 9.98. The van der Waals surface area contributed by atoms with Gasteiger partial charge in [-0.3, -0.25) is 9.48 Å². The second-order valence-electron chi connectivity index (χ2n) is 8.01. The van der Waals surface area contributed by atoms with E-state index in [-0.39, 0.29) is 11.9 Å². The fourth-order valence-electron chi connectivity index (χ4n) is 3.78. The van der Waals surface area contributed by atoms with E-state index in [1.54, 1.807) is 30.7 Å². The van der Waals surface area contributed by atoms with E-state index in [0.717, 1.165) is 22.3 Å². The summed E-state index contributed by atoms with van der Waals surface area (Å²) in [5, 5.41) is 7.28. The van der Waals surface area contributed by atoms with Crippen LogP contribution < -0.4 is 10.1 Å². The van der Waals surface area contributed by atoms with Crippen LogP contribution >= 0.6 is 0 Å². The summed E-state index contributed by atoms with van der Waals surface area (Å²) in [5.41, 5.74) is 5.16. The van der Waals surface area contributed by atoms with Gasteiger partial charge in [0, 0.05) is 36.0 Å². The van der Waals surface area contributed by atoms with Crippen molar-refractivity contribution < 1.29 is 9.53 Å². The lowest BCUT2D eigenvalue weighted by Crippen LogP contribution is -2.14. The number of aryl methyl sites for hydroxylation is 1. The van der Waals surface area contributed by atoms with Crippen molar-refractivity contribution in [1.82, 2.24) is 19.7 Å². The lowest BCUT2D eigenvalue weighted by Gasteiger charge is -2.13. The van der Waals surface area contributed by atoms with Gasteiger partial charge >= 0.3 is 6.01 Å². The van der Waals surface area contributed by atoms with Crippen molar-refractivity contribution in [2.45, 2.75) is 13.5 Å². The maximum Gasteiger partial charge on any atom is 0.321 e. The van der Waals surface area contributed by atoms with Gasteiger partial charge in [0.25, 0.3) is 5.91 Å². The number of nitrogens with zero attached hydrogens (tertiary/aromatic N) is 4. The molecule has 7 nitrogen and oxygen atoms in total. The summed E-state index contributed by atoms with van der Waals surface area (Å²) in [7, 11) is 0. The molecule has 5 rings (SSSR count). The van der Waals surface area contributed by atoms with E-state index >= 15 is 0 Å². The maximum absolute atomic E-state index is 13.2. The molecule has 172 valence electrons. The first-order chi connectivity index (χ1) is 17.2. The van der Waals surface area contributed by atoms with Gasteiger partial charge in [-0.05, 0) is 65.6 Å². The molecule has 0 atom stereocenters. The molecule has 2 aromatic heterocycles. The van der Waals surface area contributed by atoms with Gasteiger partial charge in [-0.15, -0.1) is 0 Å². The molecule has 0 saturated carbocycles. The summed E-state index contributed by atoms with van der Waals surface area (Å²) >= 11 is 0. The second kappa shape index (κ2) is 10.0. The Labute approximate surface area is 203 Å². The third-order valence-electron chi connectivity index (χ3n) is 5.54. The standard InChI is InChI=1S/C28H23N5O2/c1-20-18-23(35-28-29-14-4-15-30-28)12-13-26(20)32-27(34)25-7-3-2-6-24(25)22-10-8-21(9-11-22)19-33-17-5-16-31-33/h2-18H,19H2,1H3,(H,32,34). The topological polar surface area (TPSA) is 81.9 Å². The number of benzene rings is 3. The summed E-state index contributed by atoms with van der Waals surface area (Å²) in [6.07, 6.45) is 6.94. The van der Waals surface area contributed by atoms with Gasteiger partial charge < -0.3 is 10.1 Å². The minimum Gasteiger partial charge on any atom is -0.424 e. The zero-order valence-electron chi connectivity index (χ0n) is 19.1. The molecule has 0 spiro atoms. The molecule has 0 radical (unpaired) electrons. The molecule has 0 aliphatic carbocycles. The minimum absolute atomic E-state index is 0.177. The van der Waals surface area contributed by atoms with Crippen LogP contribution in [0.2, 0.25) is 0 Å². The van der Waals surface area contributed by atoms with E-state index in [2.05, 4.69) is 32.5 Å². The number of aromatic nitrogens is 4. The zero-order valence-corrected chi connectivity index (χ0v) is 19.1. The Morgan fingerprint density at radius 1 is 0.914 bits per heavy atom. The molecule has 0 aliphatic rings. The van der Waals surface area contributed by atoms with Gasteiger partial charge in [-0.25, -0.2) is 9.97 Å². The van der Waals surface area contributed by atoms with E-state index in [1.165, 1.54) is 0 Å². The predicted molar refractivity (Wildman–Crippen MR) is 134 cm³/mol. The van der Waals surface area contributed by atoms with E-state index in [4.69, 9.17) is 4.74 Å². The SMILES string of the molecule is Cc1cc(Oc2ncccn2)ccc1NC(=O)c1ccccc1-c1ccc(Cn2cccn2)cc1. The van der Waals surface area contributed by atoms with Crippen molar-refractivity contribution in [2.75, 3.05) is 5.32 Å². The Bertz CT molecular complexity index is 1430. The van der Waals surface area contributed by atoms with Gasteiger partial charge in [0.2, 0.25) is 0 Å². The molecule has 0 aliphatic heterocycles. The van der Waals surface area contributed by atoms with Crippen molar-refractivity contribution in [2.24, 2.45) is 0 Å². The first-order valence-corrected chi connectivity index (χ1v) is 11.2. The van der Waals surface area contributed by atoms with Crippen LogP contribution in [0.3, 0.4) is 0 Å². The number of rotatable bonds is 7. The van der Waals surface area contributed by atoms with Gasteiger partial charge in [-0.1, -0.05) is 42.5 Å². The van der Waals surface area contributed by atoms with Gasteiger partial charge in [0.1, 0.15) is 5.75 Å². The summed E-state index contributed by atoms with van der Waals surface area (Å²) < 4.78 is 7.56. The van der Waals surface area contributed by atoms with Crippen LogP contribution in [0.15, 0.2) is 104 Å². The Kier molecular flexibility index (Phi) is 6.30. The van der Waals surface area contributed by atoms with E-state index in [9.17, 15) is 4.79 Å². The second-order valence-corrected chi connectivity index (χ2v) is 8.01. The summed E-state index contributed by atoms with van der Waals surface area (Å²) in [6, 6.07) is 25.1. The Balaban J connectivity index is 1.32. The van der Waals surface area contributed by atoms with Crippen LogP contribution in [-0.4, -0.2) is 25.7 Å². The van der Waals surface area contributed by atoms with Crippen LogP contribution in [-0.2, 0) is 6.54 Å². The van der Waals surface area contributed by atoms with Crippen molar-refractivity contribution in [3.05, 3.63) is 120 Å². The highest BCUT2D eigenvalue weighted by atomic mass is 16.5. The fraction of sp³-hybridized carbons (Fsp3) is 0.0714. The highest BCUT2D eigenvalue weighted by molar-refractivity contribution is 6.09. The Morgan fingerprint density at radius 2 is 1.71 bits per heavy atom. The quantitative estimate of drug-likeness (QED) is 0.334. The number of carbonyl (C=O) groups is 1. The Hall–Kier alpha value is -4.78. The van der Waals surface area contributed by atoms with Crippen molar-refractivity contribution >= 4 is 11.6 Å². The number of nitrogens with one attached hydrogen (secondary N) is 1. The van der Waals surface area contributed by atoms with Crippen molar-refractivity contribution in [3.63, 3.8) is 0 Å². The molecule has 0 fully saturated rings. The third-order valence-corrected chi connectivity index (χ3v) is 5.54. The van der Waals surface area contributed by atoms with Crippen LogP contribution in [0.5, 0.6) is 11.8 Å². The van der Waals surface area contributed by atoms with Crippen LogP contribution in [0, 0.1) is 6.92 Å². The number of hydrogen-bond acceptors (Lipinski definition) is 5. The third kappa shape index (κ3) is 5.25. The number of anilines is 1. The maximum atomic E-state index is 13.2. The van der Waals surface area contributed by atoms with Crippen LogP contribution in [0.1, 0.15) is 21.5 Å². The molecule has 1 amide bonds. The summed E-state index contributed by atoms with van der Waals surface area (Å²) in [4.78, 5) is 21.4. The van der Waals surface area contributed by atoms with Gasteiger partial charge in [0.05, 0.1) is 6.54 Å². The molecular weight excluding hydrogens is 438 g/mol. The smallest absolute Gasteiger partial charge is 0.321 e. The number of hydrogen-bond donors (Lipinski definition) is 1. The fourth-order valence-corrected chi connectivity index (χ4v) is 3.78. The van der Waals surface area contributed by atoms with Gasteiger partial charge in [0.15, 0.2) is 0 Å². The highest BCUT2D eigenvalue weighted by Gasteiger charge is 2.14. The molecular formula is C28H23N5O2. The van der Waals surface area contributed by atoms with E-state index in [0.29, 0.717) is 23.5 Å². The normalized spacial score (nSPS) is 10.7. The van der Waals surface area contributed by atoms with Gasteiger partial charge in [-0.2, -0.15) is 5.10 Å². The first-order valence-electron chi connectivity index (χ1n) is 11.2. The molecule has 5 aromatic rings. The molecule has 2 heterocycles. The van der Waals surface area contributed by atoms with Crippen molar-refractivity contribution in [1.29, 1.82) is 0 Å². The van der Waals surface area contributed by atoms with E-state index < -0.39 is 0 Å². The number of amides is 1. The number of ether oxygens (including phenoxy) is 1. The van der Waals surface area contributed by atoms with Crippen LogP contribution in [0.4, 0.5) is 5.69 Å². The molecule has 0 saturated heterocycles.